The largest absolute Gasteiger partial charge is 0.460 e. The molecule has 4 aromatic heterocycles. The van der Waals surface area contributed by atoms with Crippen molar-refractivity contribution < 1.29 is 4.74 Å². The number of ether oxygens (including phenoxy) is 1. The van der Waals surface area contributed by atoms with Crippen LogP contribution in [0.5, 0.6) is 6.01 Å². The monoisotopic (exact) mass is 376 g/mol. The quantitative estimate of drug-likeness (QED) is 0.538. The van der Waals surface area contributed by atoms with E-state index in [1.807, 2.05) is 30.0 Å². The van der Waals surface area contributed by atoms with Crippen molar-refractivity contribution >= 4 is 11.3 Å². The molecule has 1 aliphatic heterocycles. The SMILES string of the molecule is Cn1cc(-c2cnc(OC3CCN(c4nccn5nccc45)CC3)nc2)cn1. The number of fused-ring (bicyclic) bond motifs is 1. The normalized spacial score (nSPS) is 15.2. The topological polar surface area (TPSA) is 86.3 Å². The van der Waals surface area contributed by atoms with E-state index in [0.717, 1.165) is 48.4 Å². The maximum Gasteiger partial charge on any atom is 0.316 e. The van der Waals surface area contributed by atoms with Gasteiger partial charge in [0.2, 0.25) is 0 Å². The number of aromatic nitrogens is 7. The van der Waals surface area contributed by atoms with Crippen molar-refractivity contribution in [2.75, 3.05) is 18.0 Å². The third-order valence-corrected chi connectivity index (χ3v) is 4.98. The molecular weight excluding hydrogens is 356 g/mol. The highest BCUT2D eigenvalue weighted by atomic mass is 16.5. The minimum atomic E-state index is 0.102. The second-order valence-corrected chi connectivity index (χ2v) is 6.87. The smallest absolute Gasteiger partial charge is 0.316 e. The maximum atomic E-state index is 6.00. The lowest BCUT2D eigenvalue weighted by molar-refractivity contribution is 0.156. The first kappa shape index (κ1) is 16.7. The Kier molecular flexibility index (Phi) is 4.12. The molecule has 4 aromatic rings. The van der Waals surface area contributed by atoms with E-state index in [0.29, 0.717) is 6.01 Å². The molecule has 28 heavy (non-hydrogen) atoms. The Morgan fingerprint density at radius 3 is 2.54 bits per heavy atom. The number of nitrogens with zero attached hydrogens (tertiary/aromatic N) is 8. The second-order valence-electron chi connectivity index (χ2n) is 6.87. The molecule has 1 fully saturated rings. The van der Waals surface area contributed by atoms with E-state index in [4.69, 9.17) is 4.74 Å². The minimum absolute atomic E-state index is 0.102. The third kappa shape index (κ3) is 3.15. The molecule has 0 bridgehead atoms. The fraction of sp³-hybridized carbons (Fsp3) is 0.316. The molecule has 0 spiro atoms. The molecule has 5 heterocycles. The first-order valence-electron chi connectivity index (χ1n) is 9.27. The average molecular weight is 376 g/mol. The summed E-state index contributed by atoms with van der Waals surface area (Å²) in [5.74, 6) is 0.968. The molecule has 9 heteroatoms. The molecule has 0 unspecified atom stereocenters. The van der Waals surface area contributed by atoms with Crippen LogP contribution in [0.1, 0.15) is 12.8 Å². The van der Waals surface area contributed by atoms with Crippen LogP contribution in [0, 0.1) is 0 Å². The summed E-state index contributed by atoms with van der Waals surface area (Å²) in [4.78, 5) is 15.5. The molecule has 5 rings (SSSR count). The molecule has 0 aliphatic carbocycles. The van der Waals surface area contributed by atoms with Crippen molar-refractivity contribution in [2.45, 2.75) is 18.9 Å². The summed E-state index contributed by atoms with van der Waals surface area (Å²) in [7, 11) is 1.89. The lowest BCUT2D eigenvalue weighted by atomic mass is 10.1. The Bertz CT molecular complexity index is 1080. The minimum Gasteiger partial charge on any atom is -0.460 e. The highest BCUT2D eigenvalue weighted by Gasteiger charge is 2.23. The van der Waals surface area contributed by atoms with E-state index >= 15 is 0 Å². The van der Waals surface area contributed by atoms with E-state index in [2.05, 4.69) is 30.0 Å². The number of hydrogen-bond donors (Lipinski definition) is 0. The second kappa shape index (κ2) is 6.91. The van der Waals surface area contributed by atoms with Crippen molar-refractivity contribution in [3.05, 3.63) is 49.4 Å². The number of rotatable bonds is 4. The highest BCUT2D eigenvalue weighted by Crippen LogP contribution is 2.24. The van der Waals surface area contributed by atoms with E-state index in [9.17, 15) is 0 Å². The summed E-state index contributed by atoms with van der Waals surface area (Å²) in [5.41, 5.74) is 2.94. The Morgan fingerprint density at radius 1 is 0.964 bits per heavy atom. The fourth-order valence-electron chi connectivity index (χ4n) is 3.52. The van der Waals surface area contributed by atoms with Gasteiger partial charge in [0.1, 0.15) is 11.6 Å². The number of hydrogen-bond acceptors (Lipinski definition) is 7. The third-order valence-electron chi connectivity index (χ3n) is 4.98. The van der Waals surface area contributed by atoms with Crippen LogP contribution in [-0.4, -0.2) is 53.5 Å². The van der Waals surface area contributed by atoms with Gasteiger partial charge in [0, 0.05) is 75.1 Å². The van der Waals surface area contributed by atoms with E-state index < -0.39 is 0 Å². The van der Waals surface area contributed by atoms with Gasteiger partial charge in [-0.1, -0.05) is 0 Å². The Labute approximate surface area is 161 Å². The molecule has 142 valence electrons. The van der Waals surface area contributed by atoms with E-state index in [1.54, 1.807) is 35.7 Å². The molecule has 0 N–H and O–H groups in total. The van der Waals surface area contributed by atoms with Crippen LogP contribution >= 0.6 is 0 Å². The summed E-state index contributed by atoms with van der Waals surface area (Å²) in [5, 5.41) is 8.45. The predicted octanol–water partition coefficient (Wildman–Crippen LogP) is 1.97. The Balaban J connectivity index is 1.22. The van der Waals surface area contributed by atoms with Crippen LogP contribution in [-0.2, 0) is 7.05 Å². The van der Waals surface area contributed by atoms with Gasteiger partial charge in [0.15, 0.2) is 5.82 Å². The van der Waals surface area contributed by atoms with Crippen LogP contribution in [0.4, 0.5) is 5.82 Å². The molecule has 1 saturated heterocycles. The van der Waals surface area contributed by atoms with E-state index in [-0.39, 0.29) is 6.10 Å². The van der Waals surface area contributed by atoms with Crippen LogP contribution in [0.2, 0.25) is 0 Å². The summed E-state index contributed by atoms with van der Waals surface area (Å²) in [6.07, 6.45) is 14.6. The standard InChI is InChI=1S/C19H20N8O/c1-25-13-15(12-24-25)14-10-21-19(22-11-14)28-16-3-7-26(8-4-16)18-17-2-5-23-27(17)9-6-20-18/h2,5-6,9-13,16H,3-4,7-8H2,1H3. The highest BCUT2D eigenvalue weighted by molar-refractivity contribution is 5.68. The molecule has 0 aromatic carbocycles. The summed E-state index contributed by atoms with van der Waals surface area (Å²) >= 11 is 0. The van der Waals surface area contributed by atoms with Crippen LogP contribution in [0.25, 0.3) is 16.6 Å². The maximum absolute atomic E-state index is 6.00. The van der Waals surface area contributed by atoms with Gasteiger partial charge in [-0.25, -0.2) is 19.5 Å². The van der Waals surface area contributed by atoms with Gasteiger partial charge in [-0.3, -0.25) is 4.68 Å². The number of piperidine rings is 1. The van der Waals surface area contributed by atoms with Crippen molar-refractivity contribution in [3.8, 4) is 17.1 Å². The summed E-state index contributed by atoms with van der Waals surface area (Å²) in [6.45, 7) is 1.74. The Morgan fingerprint density at radius 2 is 1.79 bits per heavy atom. The van der Waals surface area contributed by atoms with Crippen molar-refractivity contribution in [3.63, 3.8) is 0 Å². The van der Waals surface area contributed by atoms with Gasteiger partial charge in [-0.2, -0.15) is 10.2 Å². The van der Waals surface area contributed by atoms with Crippen molar-refractivity contribution in [1.82, 2.24) is 34.3 Å². The fourth-order valence-corrected chi connectivity index (χ4v) is 3.52. The molecule has 0 radical (unpaired) electrons. The number of aryl methyl sites for hydroxylation is 1. The van der Waals surface area contributed by atoms with Crippen LogP contribution < -0.4 is 9.64 Å². The molecule has 9 nitrogen and oxygen atoms in total. The zero-order valence-corrected chi connectivity index (χ0v) is 15.5. The van der Waals surface area contributed by atoms with Gasteiger partial charge in [-0.15, -0.1) is 0 Å². The summed E-state index contributed by atoms with van der Waals surface area (Å²) in [6, 6.07) is 2.41. The van der Waals surface area contributed by atoms with Crippen LogP contribution in [0.3, 0.4) is 0 Å². The van der Waals surface area contributed by atoms with Gasteiger partial charge < -0.3 is 9.64 Å². The predicted molar refractivity (Wildman–Crippen MR) is 103 cm³/mol. The van der Waals surface area contributed by atoms with E-state index in [1.165, 1.54) is 0 Å². The van der Waals surface area contributed by atoms with Gasteiger partial charge in [0.05, 0.1) is 12.4 Å². The lowest BCUT2D eigenvalue weighted by Gasteiger charge is -2.32. The van der Waals surface area contributed by atoms with Crippen molar-refractivity contribution in [2.24, 2.45) is 7.05 Å². The average Bonchev–Trinajstić information content (AvgIpc) is 3.38. The van der Waals surface area contributed by atoms with Gasteiger partial charge in [-0.05, 0) is 6.07 Å². The van der Waals surface area contributed by atoms with Crippen molar-refractivity contribution in [1.29, 1.82) is 0 Å². The number of anilines is 1. The van der Waals surface area contributed by atoms with Gasteiger partial charge >= 0.3 is 6.01 Å². The molecule has 1 aliphatic rings. The first-order valence-corrected chi connectivity index (χ1v) is 9.27. The zero-order valence-electron chi connectivity index (χ0n) is 15.5. The molecular formula is C19H20N8O. The first-order chi connectivity index (χ1) is 13.8. The molecule has 0 atom stereocenters. The van der Waals surface area contributed by atoms with Gasteiger partial charge in [0.25, 0.3) is 0 Å². The molecule has 0 saturated carbocycles. The zero-order chi connectivity index (χ0) is 18.9. The summed E-state index contributed by atoms with van der Waals surface area (Å²) < 4.78 is 9.61. The Hall–Kier alpha value is -3.49. The molecule has 0 amide bonds. The lowest BCUT2D eigenvalue weighted by Crippen LogP contribution is -2.39. The van der Waals surface area contributed by atoms with Crippen LogP contribution in [0.15, 0.2) is 49.4 Å².